The van der Waals surface area contributed by atoms with Crippen LogP contribution in [0.5, 0.6) is 0 Å². The molecule has 0 saturated heterocycles. The Morgan fingerprint density at radius 3 is 2.04 bits per heavy atom. The van der Waals surface area contributed by atoms with Gasteiger partial charge < -0.3 is 15.3 Å². The number of nitrogens with zero attached hydrogens (tertiary/aromatic N) is 1. The molecular weight excluding hydrogens is 312 g/mol. The minimum absolute atomic E-state index is 0.000893. The summed E-state index contributed by atoms with van der Waals surface area (Å²) >= 11 is 0. The number of hydrogen-bond acceptors (Lipinski definition) is 2. The van der Waals surface area contributed by atoms with Gasteiger partial charge in [-0.2, -0.15) is 0 Å². The predicted molar refractivity (Wildman–Crippen MR) is 99.5 cm³/mol. The molecule has 4 nitrogen and oxygen atoms in total. The van der Waals surface area contributed by atoms with E-state index in [2.05, 4.69) is 29.6 Å². The lowest BCUT2D eigenvalue weighted by Crippen LogP contribution is -2.47. The van der Waals surface area contributed by atoms with Gasteiger partial charge in [0.15, 0.2) is 0 Å². The van der Waals surface area contributed by atoms with Crippen molar-refractivity contribution in [3.63, 3.8) is 0 Å². The van der Waals surface area contributed by atoms with Gasteiger partial charge in [0, 0.05) is 24.5 Å². The van der Waals surface area contributed by atoms with E-state index in [4.69, 9.17) is 0 Å². The normalized spacial score (nSPS) is 15.0. The minimum atomic E-state index is -0.0825. The van der Waals surface area contributed by atoms with Crippen LogP contribution in [0.25, 0.3) is 0 Å². The average Bonchev–Trinajstić information content (AvgIpc) is 3.46. The van der Waals surface area contributed by atoms with Crippen LogP contribution in [0, 0.1) is 0 Å². The largest absolute Gasteiger partial charge is 0.395 e. The lowest BCUT2D eigenvalue weighted by Gasteiger charge is -2.29. The molecule has 2 N–H and O–H groups in total. The van der Waals surface area contributed by atoms with Crippen LogP contribution in [0.15, 0.2) is 60.7 Å². The van der Waals surface area contributed by atoms with E-state index in [1.807, 2.05) is 43.3 Å². The number of carbonyl (C=O) groups is 1. The molecule has 0 radical (unpaired) electrons. The maximum absolute atomic E-state index is 12.7. The van der Waals surface area contributed by atoms with Gasteiger partial charge in [-0.15, -0.1) is 0 Å². The van der Waals surface area contributed by atoms with Gasteiger partial charge >= 0.3 is 6.03 Å². The third-order valence-corrected chi connectivity index (χ3v) is 4.76. The van der Waals surface area contributed by atoms with Crippen molar-refractivity contribution < 1.29 is 9.90 Å². The maximum Gasteiger partial charge on any atom is 0.317 e. The van der Waals surface area contributed by atoms with Crippen molar-refractivity contribution >= 4 is 6.03 Å². The molecule has 2 amide bonds. The second-order valence-corrected chi connectivity index (χ2v) is 6.69. The van der Waals surface area contributed by atoms with Gasteiger partial charge in [0.25, 0.3) is 0 Å². The number of aliphatic hydroxyl groups is 1. The van der Waals surface area contributed by atoms with Crippen molar-refractivity contribution in [2.24, 2.45) is 0 Å². The molecule has 1 atom stereocenters. The van der Waals surface area contributed by atoms with Crippen LogP contribution >= 0.6 is 0 Å². The number of urea groups is 1. The van der Waals surface area contributed by atoms with E-state index >= 15 is 0 Å². The molecule has 0 aromatic heterocycles. The van der Waals surface area contributed by atoms with Gasteiger partial charge in [-0.3, -0.25) is 0 Å². The van der Waals surface area contributed by atoms with Gasteiger partial charge in [-0.05, 0) is 30.9 Å². The number of hydrogen-bond donors (Lipinski definition) is 2. The molecule has 1 unspecified atom stereocenters. The van der Waals surface area contributed by atoms with Crippen LogP contribution in [0.3, 0.4) is 0 Å². The number of benzene rings is 2. The maximum atomic E-state index is 12.7. The second kappa shape index (κ2) is 8.17. The summed E-state index contributed by atoms with van der Waals surface area (Å²) in [7, 11) is 0. The Bertz CT molecular complexity index is 631. The van der Waals surface area contributed by atoms with E-state index in [-0.39, 0.29) is 30.6 Å². The molecule has 2 aromatic rings. The highest BCUT2D eigenvalue weighted by Crippen LogP contribution is 2.29. The molecule has 0 aliphatic heterocycles. The van der Waals surface area contributed by atoms with E-state index in [1.165, 1.54) is 11.1 Å². The van der Waals surface area contributed by atoms with Crippen LogP contribution in [0.1, 0.15) is 36.8 Å². The van der Waals surface area contributed by atoms with Crippen LogP contribution in [-0.4, -0.2) is 41.3 Å². The Labute approximate surface area is 149 Å². The van der Waals surface area contributed by atoms with Gasteiger partial charge in [-0.1, -0.05) is 60.7 Å². The lowest BCUT2D eigenvalue weighted by molar-refractivity contribution is 0.170. The SMILES string of the molecule is CC(NC(=O)N(CCO)C1CC1)C(c1ccccc1)c1ccccc1. The summed E-state index contributed by atoms with van der Waals surface area (Å²) in [4.78, 5) is 14.5. The van der Waals surface area contributed by atoms with Crippen molar-refractivity contribution in [2.45, 2.75) is 37.8 Å². The minimum Gasteiger partial charge on any atom is -0.395 e. The number of rotatable bonds is 7. The van der Waals surface area contributed by atoms with Crippen molar-refractivity contribution in [1.82, 2.24) is 10.2 Å². The Balaban J connectivity index is 1.79. The summed E-state index contributed by atoms with van der Waals surface area (Å²) in [6.45, 7) is 2.44. The third kappa shape index (κ3) is 4.40. The van der Waals surface area contributed by atoms with E-state index in [0.717, 1.165) is 12.8 Å². The highest BCUT2D eigenvalue weighted by atomic mass is 16.3. The number of nitrogens with one attached hydrogen (secondary N) is 1. The first-order valence-corrected chi connectivity index (χ1v) is 8.98. The van der Waals surface area contributed by atoms with E-state index in [9.17, 15) is 9.90 Å². The molecule has 1 saturated carbocycles. The Kier molecular flexibility index (Phi) is 5.71. The molecule has 4 heteroatoms. The van der Waals surface area contributed by atoms with Gasteiger partial charge in [-0.25, -0.2) is 4.79 Å². The molecule has 1 fully saturated rings. The topological polar surface area (TPSA) is 52.6 Å². The average molecular weight is 338 g/mol. The Morgan fingerprint density at radius 1 is 1.08 bits per heavy atom. The van der Waals surface area contributed by atoms with Crippen molar-refractivity contribution in [3.05, 3.63) is 71.8 Å². The third-order valence-electron chi connectivity index (χ3n) is 4.76. The molecule has 3 rings (SSSR count). The predicted octanol–water partition coefficient (Wildman–Crippen LogP) is 3.37. The van der Waals surface area contributed by atoms with Crippen LogP contribution in [0.4, 0.5) is 4.79 Å². The highest BCUT2D eigenvalue weighted by molar-refractivity contribution is 5.75. The number of amides is 2. The molecule has 1 aliphatic carbocycles. The van der Waals surface area contributed by atoms with Crippen molar-refractivity contribution in [2.75, 3.05) is 13.2 Å². The fourth-order valence-electron chi connectivity index (χ4n) is 3.40. The molecule has 25 heavy (non-hydrogen) atoms. The second-order valence-electron chi connectivity index (χ2n) is 6.69. The molecule has 0 bridgehead atoms. The van der Waals surface area contributed by atoms with E-state index in [1.54, 1.807) is 4.90 Å². The zero-order valence-corrected chi connectivity index (χ0v) is 14.6. The number of carbonyl (C=O) groups excluding carboxylic acids is 1. The first-order chi connectivity index (χ1) is 12.2. The monoisotopic (exact) mass is 338 g/mol. The Hall–Kier alpha value is -2.33. The summed E-state index contributed by atoms with van der Waals surface area (Å²) in [6.07, 6.45) is 2.06. The quantitative estimate of drug-likeness (QED) is 0.813. The lowest BCUT2D eigenvalue weighted by atomic mass is 9.86. The van der Waals surface area contributed by atoms with E-state index in [0.29, 0.717) is 6.54 Å². The van der Waals surface area contributed by atoms with Crippen molar-refractivity contribution in [3.8, 4) is 0 Å². The van der Waals surface area contributed by atoms with Gasteiger partial charge in [0.2, 0.25) is 0 Å². The smallest absolute Gasteiger partial charge is 0.317 e. The molecule has 132 valence electrons. The molecule has 0 heterocycles. The van der Waals surface area contributed by atoms with Gasteiger partial charge in [0.1, 0.15) is 0 Å². The molecule has 1 aliphatic rings. The van der Waals surface area contributed by atoms with Gasteiger partial charge in [0.05, 0.1) is 6.61 Å². The van der Waals surface area contributed by atoms with Crippen LogP contribution in [0.2, 0.25) is 0 Å². The van der Waals surface area contributed by atoms with Crippen LogP contribution < -0.4 is 5.32 Å². The summed E-state index contributed by atoms with van der Waals surface area (Å²) < 4.78 is 0. The Morgan fingerprint density at radius 2 is 1.60 bits per heavy atom. The first kappa shape index (κ1) is 17.5. The van der Waals surface area contributed by atoms with Crippen molar-refractivity contribution in [1.29, 1.82) is 0 Å². The summed E-state index contributed by atoms with van der Waals surface area (Å²) in [5.74, 6) is 0.0847. The molecule has 2 aromatic carbocycles. The summed E-state index contributed by atoms with van der Waals surface area (Å²) in [5, 5.41) is 12.4. The van der Waals surface area contributed by atoms with E-state index < -0.39 is 0 Å². The fourth-order valence-corrected chi connectivity index (χ4v) is 3.40. The highest BCUT2D eigenvalue weighted by Gasteiger charge is 2.33. The molecular formula is C21H26N2O2. The molecule has 0 spiro atoms. The summed E-state index contributed by atoms with van der Waals surface area (Å²) in [6, 6.07) is 20.7. The zero-order chi connectivity index (χ0) is 17.6. The standard InChI is InChI=1S/C21H26N2O2/c1-16(22-21(25)23(14-15-24)19-12-13-19)20(17-8-4-2-5-9-17)18-10-6-3-7-11-18/h2-11,16,19-20,24H,12-15H2,1H3,(H,22,25). The van der Waals surface area contributed by atoms with Crippen LogP contribution in [-0.2, 0) is 0 Å². The summed E-state index contributed by atoms with van der Waals surface area (Å²) in [5.41, 5.74) is 2.36. The zero-order valence-electron chi connectivity index (χ0n) is 14.6. The fraction of sp³-hybridized carbons (Fsp3) is 0.381. The first-order valence-electron chi connectivity index (χ1n) is 8.98. The number of aliphatic hydroxyl groups excluding tert-OH is 1.